The Morgan fingerprint density at radius 2 is 1.67 bits per heavy atom. The molecule has 0 aromatic carbocycles. The molecule has 0 aliphatic rings. The average molecular weight is 312 g/mol. The van der Waals surface area contributed by atoms with Crippen LogP contribution in [0.4, 0.5) is 0 Å². The largest absolute Gasteiger partial charge is 0.392 e. The standard InChI is InChI=1S/C17H28O3S/c1-13(6-5-7-14(2)10-11-18)8-9-17(20)15(3)12-21-16(4)19/h6,10,15,18H,5,7-9,11-12H2,1-4H3/b13-6-,14-10+. The van der Waals surface area contributed by atoms with Crippen LogP contribution in [0.3, 0.4) is 0 Å². The van der Waals surface area contributed by atoms with Gasteiger partial charge in [0.15, 0.2) is 5.12 Å². The number of rotatable bonds is 10. The summed E-state index contributed by atoms with van der Waals surface area (Å²) >= 11 is 1.22. The van der Waals surface area contributed by atoms with Crippen LogP contribution in [0.1, 0.15) is 53.4 Å². The van der Waals surface area contributed by atoms with Gasteiger partial charge < -0.3 is 5.11 Å². The lowest BCUT2D eigenvalue weighted by Crippen LogP contribution is -2.14. The van der Waals surface area contributed by atoms with Gasteiger partial charge in [-0.3, -0.25) is 9.59 Å². The number of carbonyl (C=O) groups excluding carboxylic acids is 2. The Hall–Kier alpha value is -0.870. The minimum Gasteiger partial charge on any atom is -0.392 e. The zero-order valence-corrected chi connectivity index (χ0v) is 14.5. The Kier molecular flexibility index (Phi) is 11.3. The molecule has 1 unspecified atom stereocenters. The van der Waals surface area contributed by atoms with Crippen molar-refractivity contribution in [2.24, 2.45) is 5.92 Å². The highest BCUT2D eigenvalue weighted by Crippen LogP contribution is 2.15. The van der Waals surface area contributed by atoms with E-state index >= 15 is 0 Å². The first-order valence-corrected chi connectivity index (χ1v) is 8.43. The number of hydrogen-bond acceptors (Lipinski definition) is 4. The summed E-state index contributed by atoms with van der Waals surface area (Å²) < 4.78 is 0. The van der Waals surface area contributed by atoms with Crippen molar-refractivity contribution in [2.75, 3.05) is 12.4 Å². The monoisotopic (exact) mass is 312 g/mol. The lowest BCUT2D eigenvalue weighted by atomic mass is 10.0. The summed E-state index contributed by atoms with van der Waals surface area (Å²) in [7, 11) is 0. The minimum atomic E-state index is -0.0542. The van der Waals surface area contributed by atoms with Crippen LogP contribution in [-0.4, -0.2) is 28.4 Å². The molecule has 0 aliphatic heterocycles. The van der Waals surface area contributed by atoms with Gasteiger partial charge in [0.1, 0.15) is 5.78 Å². The van der Waals surface area contributed by atoms with Crippen molar-refractivity contribution in [1.29, 1.82) is 0 Å². The smallest absolute Gasteiger partial charge is 0.185 e. The van der Waals surface area contributed by atoms with E-state index in [4.69, 9.17) is 5.11 Å². The quantitative estimate of drug-likeness (QED) is 0.621. The summed E-state index contributed by atoms with van der Waals surface area (Å²) in [6, 6.07) is 0. The molecule has 0 aromatic heterocycles. The van der Waals surface area contributed by atoms with Crippen LogP contribution in [0.5, 0.6) is 0 Å². The van der Waals surface area contributed by atoms with Crippen LogP contribution in [0.25, 0.3) is 0 Å². The summed E-state index contributed by atoms with van der Waals surface area (Å²) in [5, 5.41) is 8.84. The van der Waals surface area contributed by atoms with E-state index in [0.717, 1.165) is 19.3 Å². The van der Waals surface area contributed by atoms with Gasteiger partial charge in [0, 0.05) is 25.0 Å². The fourth-order valence-corrected chi connectivity index (χ4v) is 2.48. The molecule has 0 fully saturated rings. The van der Waals surface area contributed by atoms with Crippen LogP contribution in [-0.2, 0) is 9.59 Å². The van der Waals surface area contributed by atoms with E-state index in [1.54, 1.807) is 0 Å². The van der Waals surface area contributed by atoms with Crippen LogP contribution in [0, 0.1) is 5.92 Å². The van der Waals surface area contributed by atoms with Crippen molar-refractivity contribution in [1.82, 2.24) is 0 Å². The number of carbonyl (C=O) groups is 2. The molecule has 1 N–H and O–H groups in total. The number of Topliss-reactive ketones (excluding diaryl/α,β-unsaturated/α-hetero) is 1. The van der Waals surface area contributed by atoms with Crippen molar-refractivity contribution in [3.63, 3.8) is 0 Å². The van der Waals surface area contributed by atoms with Crippen molar-refractivity contribution in [2.45, 2.75) is 53.4 Å². The summed E-state index contributed by atoms with van der Waals surface area (Å²) in [5.74, 6) is 0.761. The third-order valence-electron chi connectivity index (χ3n) is 3.32. The van der Waals surface area contributed by atoms with Crippen molar-refractivity contribution in [3.8, 4) is 0 Å². The van der Waals surface area contributed by atoms with Gasteiger partial charge in [-0.25, -0.2) is 0 Å². The molecule has 0 bridgehead atoms. The Balaban J connectivity index is 4.00. The Morgan fingerprint density at radius 3 is 2.24 bits per heavy atom. The third-order valence-corrected chi connectivity index (χ3v) is 4.40. The average Bonchev–Trinajstić information content (AvgIpc) is 2.42. The van der Waals surface area contributed by atoms with Crippen LogP contribution in [0.2, 0.25) is 0 Å². The van der Waals surface area contributed by atoms with Crippen molar-refractivity contribution >= 4 is 22.7 Å². The maximum Gasteiger partial charge on any atom is 0.185 e. The molecule has 0 aromatic rings. The maximum atomic E-state index is 11.9. The van der Waals surface area contributed by atoms with Crippen molar-refractivity contribution in [3.05, 3.63) is 23.3 Å². The molecule has 0 saturated carbocycles. The topological polar surface area (TPSA) is 54.4 Å². The molecule has 0 radical (unpaired) electrons. The Labute approximate surface area is 132 Å². The molecule has 0 rings (SSSR count). The fourth-order valence-electron chi connectivity index (χ4n) is 1.81. The van der Waals surface area contributed by atoms with Gasteiger partial charge >= 0.3 is 0 Å². The second-order valence-corrected chi connectivity index (χ2v) is 6.69. The molecular formula is C17H28O3S. The maximum absolute atomic E-state index is 11.9. The summed E-state index contributed by atoms with van der Waals surface area (Å²) in [6.07, 6.45) is 7.21. The second-order valence-electron chi connectivity index (χ2n) is 5.49. The van der Waals surface area contributed by atoms with E-state index in [-0.39, 0.29) is 23.4 Å². The molecule has 0 spiro atoms. The predicted octanol–water partition coefficient (Wildman–Crippen LogP) is 3.92. The zero-order chi connectivity index (χ0) is 16.3. The van der Waals surface area contributed by atoms with E-state index < -0.39 is 0 Å². The third kappa shape index (κ3) is 11.5. The summed E-state index contributed by atoms with van der Waals surface area (Å²) in [5.41, 5.74) is 2.42. The van der Waals surface area contributed by atoms with Crippen LogP contribution >= 0.6 is 11.8 Å². The molecule has 3 nitrogen and oxygen atoms in total. The number of thioether (sulfide) groups is 1. The van der Waals surface area contributed by atoms with Crippen LogP contribution in [0.15, 0.2) is 23.3 Å². The van der Waals surface area contributed by atoms with Gasteiger partial charge in [-0.2, -0.15) is 0 Å². The first-order valence-electron chi connectivity index (χ1n) is 7.45. The summed E-state index contributed by atoms with van der Waals surface area (Å²) in [4.78, 5) is 22.8. The number of aliphatic hydroxyl groups is 1. The van der Waals surface area contributed by atoms with E-state index in [9.17, 15) is 9.59 Å². The van der Waals surface area contributed by atoms with Gasteiger partial charge in [0.25, 0.3) is 0 Å². The first kappa shape index (κ1) is 20.1. The van der Waals surface area contributed by atoms with Gasteiger partial charge in [-0.05, 0) is 33.1 Å². The molecule has 0 heterocycles. The molecule has 120 valence electrons. The molecule has 0 aliphatic carbocycles. The zero-order valence-electron chi connectivity index (χ0n) is 13.6. The van der Waals surface area contributed by atoms with Gasteiger partial charge in [-0.15, -0.1) is 0 Å². The number of allylic oxidation sites excluding steroid dienone is 3. The highest BCUT2D eigenvalue weighted by atomic mass is 32.2. The summed E-state index contributed by atoms with van der Waals surface area (Å²) in [6.45, 7) is 7.58. The van der Waals surface area contributed by atoms with E-state index in [1.165, 1.54) is 29.8 Å². The number of aliphatic hydroxyl groups excluding tert-OH is 1. The molecular weight excluding hydrogens is 284 g/mol. The Morgan fingerprint density at radius 1 is 1.05 bits per heavy atom. The molecule has 0 saturated heterocycles. The molecule has 0 amide bonds. The normalized spacial score (nSPS) is 14.1. The van der Waals surface area contributed by atoms with E-state index in [2.05, 4.69) is 6.08 Å². The highest BCUT2D eigenvalue weighted by Gasteiger charge is 2.13. The number of ketones is 1. The minimum absolute atomic E-state index is 0.0542. The second kappa shape index (κ2) is 11.8. The lowest BCUT2D eigenvalue weighted by molar-refractivity contribution is -0.121. The predicted molar refractivity (Wildman–Crippen MR) is 90.4 cm³/mol. The fraction of sp³-hybridized carbons (Fsp3) is 0.647. The highest BCUT2D eigenvalue weighted by molar-refractivity contribution is 8.13. The molecule has 21 heavy (non-hydrogen) atoms. The SMILES string of the molecule is CC(=O)SCC(C)C(=O)CC/C(C)=C\CC/C(C)=C/CO. The first-order chi connectivity index (χ1) is 9.86. The van der Waals surface area contributed by atoms with Crippen LogP contribution < -0.4 is 0 Å². The molecule has 1 atom stereocenters. The van der Waals surface area contributed by atoms with Crippen molar-refractivity contribution < 1.29 is 14.7 Å². The van der Waals surface area contributed by atoms with E-state index in [0.29, 0.717) is 12.2 Å². The Bertz CT molecular complexity index is 397. The van der Waals surface area contributed by atoms with Gasteiger partial charge in [0.05, 0.1) is 6.61 Å². The number of hydrogen-bond donors (Lipinski definition) is 1. The van der Waals surface area contributed by atoms with Gasteiger partial charge in [0.2, 0.25) is 0 Å². The molecule has 4 heteroatoms. The van der Waals surface area contributed by atoms with E-state index in [1.807, 2.05) is 26.8 Å². The lowest BCUT2D eigenvalue weighted by Gasteiger charge is -2.09. The van der Waals surface area contributed by atoms with Gasteiger partial charge in [-0.1, -0.05) is 42.0 Å².